The van der Waals surface area contributed by atoms with Crippen LogP contribution in [0.4, 0.5) is 17.1 Å². The van der Waals surface area contributed by atoms with E-state index in [9.17, 15) is 0 Å². The van der Waals surface area contributed by atoms with Gasteiger partial charge in [0.1, 0.15) is 11.2 Å². The van der Waals surface area contributed by atoms with Crippen molar-refractivity contribution < 1.29 is 4.42 Å². The monoisotopic (exact) mass is 800 g/mol. The van der Waals surface area contributed by atoms with Crippen LogP contribution >= 0.6 is 0 Å². The summed E-state index contributed by atoms with van der Waals surface area (Å²) in [6.07, 6.45) is 0. The van der Waals surface area contributed by atoms with E-state index in [1.54, 1.807) is 0 Å². The molecular weight excluding hydrogens is 765 g/mol. The van der Waals surface area contributed by atoms with Crippen LogP contribution in [0, 0.1) is 0 Å². The number of furan rings is 1. The van der Waals surface area contributed by atoms with Gasteiger partial charge < -0.3 is 13.9 Å². The molecular formula is C60H36N2O. The van der Waals surface area contributed by atoms with E-state index in [-0.39, 0.29) is 0 Å². The lowest BCUT2D eigenvalue weighted by Crippen LogP contribution is -2.11. The summed E-state index contributed by atoms with van der Waals surface area (Å²) in [5, 5.41) is 19.1. The number of hydrogen-bond donors (Lipinski definition) is 0. The molecule has 292 valence electrons. The Hall–Kier alpha value is -8.40. The molecule has 0 atom stereocenters. The van der Waals surface area contributed by atoms with E-state index in [1.807, 2.05) is 0 Å². The van der Waals surface area contributed by atoms with Gasteiger partial charge in [-0.3, -0.25) is 0 Å². The molecule has 63 heavy (non-hydrogen) atoms. The Bertz CT molecular complexity index is 4150. The molecule has 0 fully saturated rings. The third-order valence-corrected chi connectivity index (χ3v) is 13.4. The van der Waals surface area contributed by atoms with Gasteiger partial charge in [-0.15, -0.1) is 0 Å². The molecule has 3 heteroatoms. The first-order chi connectivity index (χ1) is 31.3. The number of nitrogens with zero attached hydrogens (tertiary/aromatic N) is 2. The number of hydrogen-bond acceptors (Lipinski definition) is 2. The van der Waals surface area contributed by atoms with E-state index in [1.165, 1.54) is 64.6 Å². The lowest BCUT2D eigenvalue weighted by Gasteiger charge is -2.28. The van der Waals surface area contributed by atoms with Gasteiger partial charge in [0.15, 0.2) is 0 Å². The SMILES string of the molecule is c1ccc(N(c2ccc3c(c2)c2c4oc5cc6c7ccccc7c7ccccc7c6cc5c4c4ccccc4c2n3-c2ccccc2)c2c3ccccc3cc3ccccc23)cc1. The predicted molar refractivity (Wildman–Crippen MR) is 268 cm³/mol. The highest BCUT2D eigenvalue weighted by atomic mass is 16.3. The van der Waals surface area contributed by atoms with Crippen LogP contribution in [0.15, 0.2) is 223 Å². The van der Waals surface area contributed by atoms with Gasteiger partial charge in [0.05, 0.1) is 22.1 Å². The zero-order chi connectivity index (χ0) is 41.2. The Balaban J connectivity index is 1.16. The van der Waals surface area contributed by atoms with E-state index in [0.717, 1.165) is 66.5 Å². The van der Waals surface area contributed by atoms with E-state index >= 15 is 0 Å². The second-order valence-corrected chi connectivity index (χ2v) is 16.8. The summed E-state index contributed by atoms with van der Waals surface area (Å²) in [4.78, 5) is 2.45. The van der Waals surface area contributed by atoms with Crippen LogP contribution in [0.3, 0.4) is 0 Å². The largest absolute Gasteiger partial charge is 0.455 e. The number of anilines is 3. The van der Waals surface area contributed by atoms with Crippen LogP contribution in [0.2, 0.25) is 0 Å². The second-order valence-electron chi connectivity index (χ2n) is 16.8. The number of fused-ring (bicyclic) bond motifs is 18. The van der Waals surface area contributed by atoms with Gasteiger partial charge in [-0.05, 0) is 109 Å². The van der Waals surface area contributed by atoms with E-state index < -0.39 is 0 Å². The Morgan fingerprint density at radius 2 is 0.857 bits per heavy atom. The molecule has 0 N–H and O–H groups in total. The van der Waals surface area contributed by atoms with Crippen molar-refractivity contribution in [2.45, 2.75) is 0 Å². The van der Waals surface area contributed by atoms with Crippen LogP contribution in [0.1, 0.15) is 0 Å². The molecule has 0 bridgehead atoms. The molecule has 0 aliphatic rings. The van der Waals surface area contributed by atoms with Crippen molar-refractivity contribution in [1.82, 2.24) is 4.57 Å². The first kappa shape index (κ1) is 34.3. The lowest BCUT2D eigenvalue weighted by molar-refractivity contribution is 0.673. The summed E-state index contributed by atoms with van der Waals surface area (Å²) in [6.45, 7) is 0. The van der Waals surface area contributed by atoms with E-state index in [0.29, 0.717) is 0 Å². The molecule has 14 rings (SSSR count). The second kappa shape index (κ2) is 13.1. The van der Waals surface area contributed by atoms with Gasteiger partial charge >= 0.3 is 0 Å². The standard InChI is InChI=1S/C60H36N2O/c1-3-19-39(20-4-1)61(58-42-23-9-7-17-37(42)33-38-18-8-10-24-43(38)58)41-31-32-54-52(34-41)57-59(62(54)40-21-5-2-6-22-40)49-30-16-15-29-48(49)56-53-35-50-46-27-13-11-25-44(46)45-26-12-14-28-47(45)51(50)36-55(53)63-60(56)57/h1-36H. The number of benzene rings is 12. The summed E-state index contributed by atoms with van der Waals surface area (Å²) in [5.74, 6) is 0. The molecule has 0 aliphatic heterocycles. The van der Waals surface area contributed by atoms with Gasteiger partial charge in [0.25, 0.3) is 0 Å². The molecule has 0 aliphatic carbocycles. The molecule has 0 saturated heterocycles. The summed E-state index contributed by atoms with van der Waals surface area (Å²) in [5.41, 5.74) is 8.48. The smallest absolute Gasteiger partial charge is 0.146 e. The van der Waals surface area contributed by atoms with Gasteiger partial charge in [-0.1, -0.05) is 158 Å². The van der Waals surface area contributed by atoms with Crippen molar-refractivity contribution in [2.24, 2.45) is 0 Å². The predicted octanol–water partition coefficient (Wildman–Crippen LogP) is 17.1. The van der Waals surface area contributed by atoms with Crippen molar-refractivity contribution in [1.29, 1.82) is 0 Å². The molecule has 0 saturated carbocycles. The molecule has 0 unspecified atom stereocenters. The van der Waals surface area contributed by atoms with Gasteiger partial charge in [-0.2, -0.15) is 0 Å². The zero-order valence-electron chi connectivity index (χ0n) is 34.1. The van der Waals surface area contributed by atoms with E-state index in [2.05, 4.69) is 228 Å². The number of aromatic nitrogens is 1. The third kappa shape index (κ3) is 4.85. The third-order valence-electron chi connectivity index (χ3n) is 13.4. The first-order valence-corrected chi connectivity index (χ1v) is 21.7. The maximum Gasteiger partial charge on any atom is 0.146 e. The fourth-order valence-corrected chi connectivity index (χ4v) is 10.8. The van der Waals surface area contributed by atoms with Gasteiger partial charge in [-0.25, -0.2) is 0 Å². The molecule has 14 aromatic rings. The maximum absolute atomic E-state index is 7.36. The maximum atomic E-state index is 7.36. The molecule has 2 aromatic heterocycles. The molecule has 2 heterocycles. The van der Waals surface area contributed by atoms with Crippen molar-refractivity contribution in [3.8, 4) is 5.69 Å². The average Bonchev–Trinajstić information content (AvgIpc) is 3.90. The number of rotatable bonds is 4. The van der Waals surface area contributed by atoms with Crippen molar-refractivity contribution >= 4 is 125 Å². The summed E-state index contributed by atoms with van der Waals surface area (Å²) < 4.78 is 9.80. The minimum absolute atomic E-state index is 0.889. The van der Waals surface area contributed by atoms with Crippen LogP contribution in [-0.4, -0.2) is 4.57 Å². The molecule has 0 radical (unpaired) electrons. The Morgan fingerprint density at radius 3 is 1.51 bits per heavy atom. The molecule has 12 aromatic carbocycles. The molecule has 3 nitrogen and oxygen atoms in total. The fraction of sp³-hybridized carbons (Fsp3) is 0. The van der Waals surface area contributed by atoms with Crippen LogP contribution in [0.25, 0.3) is 114 Å². The van der Waals surface area contributed by atoms with Crippen molar-refractivity contribution in [3.05, 3.63) is 218 Å². The topological polar surface area (TPSA) is 21.3 Å². The fourth-order valence-electron chi connectivity index (χ4n) is 10.8. The van der Waals surface area contributed by atoms with Crippen LogP contribution in [0.5, 0.6) is 0 Å². The van der Waals surface area contributed by atoms with Crippen molar-refractivity contribution in [2.75, 3.05) is 4.90 Å². The minimum atomic E-state index is 0.889. The minimum Gasteiger partial charge on any atom is -0.455 e. The highest BCUT2D eigenvalue weighted by Gasteiger charge is 2.26. The zero-order valence-corrected chi connectivity index (χ0v) is 34.1. The Labute approximate surface area is 361 Å². The van der Waals surface area contributed by atoms with Crippen molar-refractivity contribution in [3.63, 3.8) is 0 Å². The average molecular weight is 801 g/mol. The Kier molecular flexibility index (Phi) is 7.11. The number of para-hydroxylation sites is 2. The first-order valence-electron chi connectivity index (χ1n) is 21.7. The molecule has 0 amide bonds. The van der Waals surface area contributed by atoms with E-state index in [4.69, 9.17) is 4.42 Å². The lowest BCUT2D eigenvalue weighted by atomic mass is 9.92. The molecule has 0 spiro atoms. The van der Waals surface area contributed by atoms with Gasteiger partial charge in [0.2, 0.25) is 0 Å². The van der Waals surface area contributed by atoms with Crippen LogP contribution in [-0.2, 0) is 0 Å². The van der Waals surface area contributed by atoms with Crippen LogP contribution < -0.4 is 4.90 Å². The summed E-state index contributed by atoms with van der Waals surface area (Å²) in [6, 6.07) is 79.6. The highest BCUT2D eigenvalue weighted by Crippen LogP contribution is 2.50. The Morgan fingerprint density at radius 1 is 0.333 bits per heavy atom. The highest BCUT2D eigenvalue weighted by molar-refractivity contribution is 6.37. The summed E-state index contributed by atoms with van der Waals surface area (Å²) in [7, 11) is 0. The quantitative estimate of drug-likeness (QED) is 0.131. The normalized spacial score (nSPS) is 12.1. The summed E-state index contributed by atoms with van der Waals surface area (Å²) >= 11 is 0. The van der Waals surface area contributed by atoms with Gasteiger partial charge in [0, 0.05) is 49.4 Å².